The maximum Gasteiger partial charge on any atom is 0.292 e. The van der Waals surface area contributed by atoms with E-state index >= 15 is 0 Å². The van der Waals surface area contributed by atoms with Crippen LogP contribution in [0.25, 0.3) is 22.2 Å². The topological polar surface area (TPSA) is 90.4 Å². The smallest absolute Gasteiger partial charge is 0.292 e. The van der Waals surface area contributed by atoms with Gasteiger partial charge in [-0.1, -0.05) is 11.6 Å². The molecule has 8 heteroatoms. The van der Waals surface area contributed by atoms with Crippen molar-refractivity contribution in [1.29, 1.82) is 0 Å². The van der Waals surface area contributed by atoms with Gasteiger partial charge >= 0.3 is 0 Å². The van der Waals surface area contributed by atoms with Crippen LogP contribution in [0, 0.1) is 13.8 Å². The summed E-state index contributed by atoms with van der Waals surface area (Å²) in [4.78, 5) is 12.8. The minimum absolute atomic E-state index is 0.180. The van der Waals surface area contributed by atoms with E-state index in [0.29, 0.717) is 28.5 Å². The Hall–Kier alpha value is -3.32. The zero-order chi connectivity index (χ0) is 20.5. The summed E-state index contributed by atoms with van der Waals surface area (Å²) in [6.07, 6.45) is 0. The normalized spacial score (nSPS) is 11.0. The van der Waals surface area contributed by atoms with E-state index in [9.17, 15) is 4.79 Å². The Bertz CT molecular complexity index is 1210. The summed E-state index contributed by atoms with van der Waals surface area (Å²) in [7, 11) is 0. The number of hydrogen-bond donors (Lipinski definition) is 1. The first-order valence-electron chi connectivity index (χ1n) is 9.04. The number of aromatic nitrogens is 2. The Balaban J connectivity index is 1.64. The third-order valence-corrected chi connectivity index (χ3v) is 4.81. The second kappa shape index (κ2) is 7.60. The SMILES string of the molecule is CCOc1ccc(-c2nonc2NC(=O)c2oc3ccc(Cl)cc3c2C)cc1C. The standard InChI is InChI=1S/C21H18ClN3O4/c1-4-27-16-7-5-13(9-11(16)2)18-20(25-29-24-18)23-21(26)19-12(3)15-10-14(22)6-8-17(15)28-19/h5-10H,4H2,1-3H3,(H,23,25,26). The van der Waals surface area contributed by atoms with Crippen molar-refractivity contribution in [2.24, 2.45) is 0 Å². The molecular weight excluding hydrogens is 394 g/mol. The molecule has 0 fully saturated rings. The van der Waals surface area contributed by atoms with Crippen molar-refractivity contribution in [2.75, 3.05) is 11.9 Å². The molecule has 2 aromatic heterocycles. The Morgan fingerprint density at radius 3 is 2.76 bits per heavy atom. The highest BCUT2D eigenvalue weighted by Gasteiger charge is 2.22. The number of halogens is 1. The summed E-state index contributed by atoms with van der Waals surface area (Å²) in [5, 5.41) is 11.8. The first kappa shape index (κ1) is 19.0. The molecule has 2 heterocycles. The number of fused-ring (bicyclic) bond motifs is 1. The summed E-state index contributed by atoms with van der Waals surface area (Å²) in [5.74, 6) is 0.722. The third kappa shape index (κ3) is 3.56. The number of carbonyl (C=O) groups excluding carboxylic acids is 1. The van der Waals surface area contributed by atoms with E-state index in [-0.39, 0.29) is 11.6 Å². The van der Waals surface area contributed by atoms with Crippen LogP contribution in [0.4, 0.5) is 5.82 Å². The van der Waals surface area contributed by atoms with Gasteiger partial charge in [-0.05, 0) is 73.0 Å². The van der Waals surface area contributed by atoms with Crippen LogP contribution in [-0.4, -0.2) is 22.8 Å². The number of amides is 1. The van der Waals surface area contributed by atoms with E-state index < -0.39 is 5.91 Å². The predicted molar refractivity (Wildman–Crippen MR) is 110 cm³/mol. The van der Waals surface area contributed by atoms with Crippen LogP contribution in [0.15, 0.2) is 45.4 Å². The predicted octanol–water partition coefficient (Wildman–Crippen LogP) is 5.40. The van der Waals surface area contributed by atoms with E-state index in [1.165, 1.54) is 0 Å². The Morgan fingerprint density at radius 2 is 2.00 bits per heavy atom. The van der Waals surface area contributed by atoms with Crippen LogP contribution >= 0.6 is 11.6 Å². The van der Waals surface area contributed by atoms with Gasteiger partial charge in [-0.25, -0.2) is 4.63 Å². The van der Waals surface area contributed by atoms with Crippen molar-refractivity contribution in [1.82, 2.24) is 10.3 Å². The summed E-state index contributed by atoms with van der Waals surface area (Å²) < 4.78 is 16.1. The molecule has 148 valence electrons. The molecule has 0 aliphatic rings. The molecule has 4 aromatic rings. The van der Waals surface area contributed by atoms with E-state index in [1.807, 2.05) is 32.0 Å². The van der Waals surface area contributed by atoms with Gasteiger partial charge in [0.25, 0.3) is 5.91 Å². The van der Waals surface area contributed by atoms with Crippen molar-refractivity contribution in [3.8, 4) is 17.0 Å². The van der Waals surface area contributed by atoms with Crippen molar-refractivity contribution in [3.05, 3.63) is 58.3 Å². The number of benzene rings is 2. The van der Waals surface area contributed by atoms with Gasteiger partial charge in [0.1, 0.15) is 11.3 Å². The molecule has 0 aliphatic carbocycles. The first-order valence-corrected chi connectivity index (χ1v) is 9.42. The van der Waals surface area contributed by atoms with Crippen LogP contribution < -0.4 is 10.1 Å². The molecule has 2 aromatic carbocycles. The number of hydrogen-bond acceptors (Lipinski definition) is 6. The molecule has 0 radical (unpaired) electrons. The lowest BCUT2D eigenvalue weighted by Crippen LogP contribution is -2.13. The molecule has 7 nitrogen and oxygen atoms in total. The highest BCUT2D eigenvalue weighted by molar-refractivity contribution is 6.31. The maximum absolute atomic E-state index is 12.8. The minimum Gasteiger partial charge on any atom is -0.494 e. The van der Waals surface area contributed by atoms with Crippen LogP contribution in [0.3, 0.4) is 0 Å². The molecule has 0 saturated heterocycles. The highest BCUT2D eigenvalue weighted by atomic mass is 35.5. The van der Waals surface area contributed by atoms with Gasteiger partial charge in [0, 0.05) is 21.5 Å². The number of ether oxygens (including phenoxy) is 1. The number of carbonyl (C=O) groups is 1. The molecule has 0 spiro atoms. The van der Waals surface area contributed by atoms with Crippen molar-refractivity contribution in [2.45, 2.75) is 20.8 Å². The molecule has 1 amide bonds. The van der Waals surface area contributed by atoms with Gasteiger partial charge < -0.3 is 9.15 Å². The number of nitrogens with one attached hydrogen (secondary N) is 1. The maximum atomic E-state index is 12.8. The Labute approximate surface area is 171 Å². The van der Waals surface area contributed by atoms with Crippen LogP contribution in [0.1, 0.15) is 28.6 Å². The van der Waals surface area contributed by atoms with Gasteiger partial charge in [0.15, 0.2) is 11.5 Å². The molecule has 0 unspecified atom stereocenters. The zero-order valence-corrected chi connectivity index (χ0v) is 16.8. The summed E-state index contributed by atoms with van der Waals surface area (Å²) in [6.45, 7) is 6.24. The largest absolute Gasteiger partial charge is 0.494 e. The van der Waals surface area contributed by atoms with Crippen molar-refractivity contribution < 1.29 is 18.6 Å². The first-order chi connectivity index (χ1) is 14.0. The average Bonchev–Trinajstić information content (AvgIpc) is 3.28. The second-order valence-corrected chi connectivity index (χ2v) is 6.96. The molecule has 29 heavy (non-hydrogen) atoms. The van der Waals surface area contributed by atoms with E-state index in [0.717, 1.165) is 22.3 Å². The lowest BCUT2D eigenvalue weighted by Gasteiger charge is -2.08. The lowest BCUT2D eigenvalue weighted by molar-refractivity contribution is 0.0997. The minimum atomic E-state index is -0.450. The molecule has 0 atom stereocenters. The number of furan rings is 1. The molecule has 0 aliphatic heterocycles. The van der Waals surface area contributed by atoms with Gasteiger partial charge in [-0.3, -0.25) is 10.1 Å². The van der Waals surface area contributed by atoms with Crippen molar-refractivity contribution in [3.63, 3.8) is 0 Å². The fourth-order valence-corrected chi connectivity index (χ4v) is 3.32. The monoisotopic (exact) mass is 411 g/mol. The summed E-state index contributed by atoms with van der Waals surface area (Å²) >= 11 is 6.04. The van der Waals surface area contributed by atoms with E-state index in [4.69, 9.17) is 25.4 Å². The average molecular weight is 412 g/mol. The molecule has 1 N–H and O–H groups in total. The molecule has 4 rings (SSSR count). The van der Waals surface area contributed by atoms with E-state index in [2.05, 4.69) is 15.6 Å². The second-order valence-electron chi connectivity index (χ2n) is 6.53. The molecular formula is C21H18ClN3O4. The molecule has 0 saturated carbocycles. The van der Waals surface area contributed by atoms with Gasteiger partial charge in [0.05, 0.1) is 6.61 Å². The number of nitrogens with zero attached hydrogens (tertiary/aromatic N) is 2. The Kier molecular flexibility index (Phi) is 4.98. The zero-order valence-electron chi connectivity index (χ0n) is 16.1. The third-order valence-electron chi connectivity index (χ3n) is 4.57. The number of anilines is 1. The fraction of sp³-hybridized carbons (Fsp3) is 0.190. The van der Waals surface area contributed by atoms with Crippen LogP contribution in [0.5, 0.6) is 5.75 Å². The lowest BCUT2D eigenvalue weighted by atomic mass is 10.1. The number of aryl methyl sites for hydroxylation is 2. The quantitative estimate of drug-likeness (QED) is 0.472. The Morgan fingerprint density at radius 1 is 1.17 bits per heavy atom. The number of rotatable bonds is 5. The van der Waals surface area contributed by atoms with Gasteiger partial charge in [-0.15, -0.1) is 0 Å². The fourth-order valence-electron chi connectivity index (χ4n) is 3.15. The molecule has 0 bridgehead atoms. The van der Waals surface area contributed by atoms with Gasteiger partial charge in [0.2, 0.25) is 5.82 Å². The van der Waals surface area contributed by atoms with Crippen LogP contribution in [0.2, 0.25) is 5.02 Å². The van der Waals surface area contributed by atoms with Crippen LogP contribution in [-0.2, 0) is 0 Å². The summed E-state index contributed by atoms with van der Waals surface area (Å²) in [5.41, 5.74) is 3.37. The van der Waals surface area contributed by atoms with E-state index in [1.54, 1.807) is 25.1 Å². The summed E-state index contributed by atoms with van der Waals surface area (Å²) in [6, 6.07) is 10.8. The highest BCUT2D eigenvalue weighted by Crippen LogP contribution is 2.31. The van der Waals surface area contributed by atoms with Crippen molar-refractivity contribution >= 4 is 34.3 Å². The van der Waals surface area contributed by atoms with Gasteiger partial charge in [-0.2, -0.15) is 0 Å².